The van der Waals surface area contributed by atoms with Gasteiger partial charge in [-0.25, -0.2) is 4.79 Å². The number of benzene rings is 1. The summed E-state index contributed by atoms with van der Waals surface area (Å²) in [6.07, 6.45) is 1.52. The lowest BCUT2D eigenvalue weighted by Crippen LogP contribution is -2.26. The molecule has 7 heteroatoms. The number of ether oxygens (including phenoxy) is 2. The lowest BCUT2D eigenvalue weighted by molar-refractivity contribution is -0.134. The molecule has 1 aliphatic rings. The molecule has 1 saturated heterocycles. The predicted octanol–water partition coefficient (Wildman–Crippen LogP) is 1.30. The maximum absolute atomic E-state index is 11.3. The van der Waals surface area contributed by atoms with Gasteiger partial charge in [0.1, 0.15) is 12.2 Å². The summed E-state index contributed by atoms with van der Waals surface area (Å²) in [7, 11) is 1.28. The molecule has 114 valence electrons. The van der Waals surface area contributed by atoms with Gasteiger partial charge in [0.25, 0.3) is 0 Å². The molecule has 3 atom stereocenters. The molecule has 1 heterocycles. The van der Waals surface area contributed by atoms with Gasteiger partial charge in [0.2, 0.25) is 0 Å². The molecule has 1 aliphatic heterocycles. The summed E-state index contributed by atoms with van der Waals surface area (Å²) in [5, 5.41) is 0. The molecule has 2 rings (SSSR count). The molecule has 0 bridgehead atoms. The molecule has 0 amide bonds. The van der Waals surface area contributed by atoms with Crippen molar-refractivity contribution in [2.24, 2.45) is 0 Å². The monoisotopic (exact) mass is 312 g/mol. The fourth-order valence-electron chi connectivity index (χ4n) is 1.72. The highest BCUT2D eigenvalue weighted by atomic mass is 32.2. The van der Waals surface area contributed by atoms with Crippen LogP contribution in [0.5, 0.6) is 0 Å². The molecular weight excluding hydrogens is 296 g/mol. The average Bonchev–Trinajstić information content (AvgIpc) is 2.86. The first-order chi connectivity index (χ1) is 10.2. The SMILES string of the molecule is COC(=O)/C=C/[C@@H]1OS(=O)O[C@H]1COCc1ccccc1. The molecule has 1 fully saturated rings. The van der Waals surface area contributed by atoms with Crippen molar-refractivity contribution in [2.45, 2.75) is 18.8 Å². The molecule has 0 aromatic heterocycles. The molecule has 1 unspecified atom stereocenters. The van der Waals surface area contributed by atoms with Gasteiger partial charge in [-0.3, -0.25) is 8.37 Å². The third-order valence-electron chi connectivity index (χ3n) is 2.78. The zero-order valence-corrected chi connectivity index (χ0v) is 12.3. The number of hydrogen-bond donors (Lipinski definition) is 0. The van der Waals surface area contributed by atoms with Crippen LogP contribution in [0.15, 0.2) is 42.5 Å². The lowest BCUT2D eigenvalue weighted by Gasteiger charge is -2.12. The van der Waals surface area contributed by atoms with Gasteiger partial charge < -0.3 is 9.47 Å². The molecule has 0 saturated carbocycles. The van der Waals surface area contributed by atoms with Crippen molar-refractivity contribution in [1.29, 1.82) is 0 Å². The van der Waals surface area contributed by atoms with Crippen LogP contribution in [0, 0.1) is 0 Å². The maximum atomic E-state index is 11.3. The number of rotatable bonds is 6. The highest BCUT2D eigenvalue weighted by molar-refractivity contribution is 7.75. The Morgan fingerprint density at radius 2 is 2.10 bits per heavy atom. The quantitative estimate of drug-likeness (QED) is 0.582. The van der Waals surface area contributed by atoms with Crippen LogP contribution in [0.2, 0.25) is 0 Å². The average molecular weight is 312 g/mol. The van der Waals surface area contributed by atoms with E-state index in [2.05, 4.69) is 4.74 Å². The van der Waals surface area contributed by atoms with Crippen molar-refractivity contribution < 1.29 is 26.8 Å². The number of carbonyl (C=O) groups is 1. The Bertz CT molecular complexity index is 515. The zero-order chi connectivity index (χ0) is 15.1. The predicted molar refractivity (Wildman–Crippen MR) is 75.1 cm³/mol. The van der Waals surface area contributed by atoms with Crippen LogP contribution in [-0.4, -0.2) is 36.1 Å². The van der Waals surface area contributed by atoms with Gasteiger partial charge in [-0.1, -0.05) is 30.3 Å². The second-order valence-electron chi connectivity index (χ2n) is 4.28. The highest BCUT2D eigenvalue weighted by Crippen LogP contribution is 2.19. The summed E-state index contributed by atoms with van der Waals surface area (Å²) in [4.78, 5) is 11.0. The van der Waals surface area contributed by atoms with Gasteiger partial charge in [0.05, 0.1) is 20.3 Å². The van der Waals surface area contributed by atoms with Gasteiger partial charge >= 0.3 is 17.3 Å². The Labute approximate surface area is 125 Å². The second kappa shape index (κ2) is 8.04. The van der Waals surface area contributed by atoms with Gasteiger partial charge in [0, 0.05) is 6.08 Å². The van der Waals surface area contributed by atoms with Crippen LogP contribution in [-0.2, 0) is 40.6 Å². The standard InChI is InChI=1S/C14H16O6S/c1-17-14(15)8-7-12-13(20-21(16)19-12)10-18-9-11-5-3-2-4-6-11/h2-8,12-13H,9-10H2,1H3/b8-7+/t12-,13-,21?/m0/s1. The van der Waals surface area contributed by atoms with Crippen LogP contribution >= 0.6 is 0 Å². The fraction of sp³-hybridized carbons (Fsp3) is 0.357. The van der Waals surface area contributed by atoms with Crippen LogP contribution in [0.4, 0.5) is 0 Å². The first-order valence-electron chi connectivity index (χ1n) is 6.33. The fourth-order valence-corrected chi connectivity index (χ4v) is 2.50. The number of methoxy groups -OCH3 is 1. The van der Waals surface area contributed by atoms with Crippen molar-refractivity contribution >= 4 is 17.3 Å². The molecule has 0 aliphatic carbocycles. The van der Waals surface area contributed by atoms with E-state index in [1.807, 2.05) is 30.3 Å². The number of esters is 1. The van der Waals surface area contributed by atoms with Gasteiger partial charge in [-0.15, -0.1) is 0 Å². The third-order valence-corrected chi connectivity index (χ3v) is 3.56. The van der Waals surface area contributed by atoms with Crippen LogP contribution < -0.4 is 0 Å². The smallest absolute Gasteiger partial charge is 0.330 e. The van der Waals surface area contributed by atoms with Gasteiger partial charge in [-0.2, -0.15) is 4.21 Å². The van der Waals surface area contributed by atoms with E-state index in [1.54, 1.807) is 0 Å². The third kappa shape index (κ3) is 5.05. The Kier molecular flexibility index (Phi) is 6.06. The van der Waals surface area contributed by atoms with Crippen LogP contribution in [0.1, 0.15) is 5.56 Å². The highest BCUT2D eigenvalue weighted by Gasteiger charge is 2.33. The maximum Gasteiger partial charge on any atom is 0.330 e. The van der Waals surface area contributed by atoms with Crippen molar-refractivity contribution in [3.05, 3.63) is 48.0 Å². The molecule has 1 aromatic carbocycles. The summed E-state index contributed by atoms with van der Waals surface area (Å²) in [6, 6.07) is 9.65. The van der Waals surface area contributed by atoms with Crippen LogP contribution in [0.3, 0.4) is 0 Å². The van der Waals surface area contributed by atoms with E-state index >= 15 is 0 Å². The van der Waals surface area contributed by atoms with E-state index < -0.39 is 29.5 Å². The Morgan fingerprint density at radius 3 is 2.81 bits per heavy atom. The minimum absolute atomic E-state index is 0.205. The molecule has 0 radical (unpaired) electrons. The van der Waals surface area contributed by atoms with E-state index in [9.17, 15) is 9.00 Å². The summed E-state index contributed by atoms with van der Waals surface area (Å²) < 4.78 is 31.4. The van der Waals surface area contributed by atoms with E-state index in [1.165, 1.54) is 19.3 Å². The number of carbonyl (C=O) groups excluding carboxylic acids is 1. The zero-order valence-electron chi connectivity index (χ0n) is 11.5. The minimum atomic E-state index is -1.83. The Balaban J connectivity index is 1.84. The van der Waals surface area contributed by atoms with E-state index in [-0.39, 0.29) is 6.61 Å². The van der Waals surface area contributed by atoms with Crippen molar-refractivity contribution in [1.82, 2.24) is 0 Å². The molecule has 1 aromatic rings. The van der Waals surface area contributed by atoms with Crippen molar-refractivity contribution in [3.8, 4) is 0 Å². The largest absolute Gasteiger partial charge is 0.466 e. The summed E-state index contributed by atoms with van der Waals surface area (Å²) in [5.74, 6) is -0.514. The normalized spacial score (nSPS) is 25.3. The first kappa shape index (κ1) is 15.8. The number of hydrogen-bond acceptors (Lipinski definition) is 6. The summed E-state index contributed by atoms with van der Waals surface area (Å²) >= 11 is -1.83. The lowest BCUT2D eigenvalue weighted by atomic mass is 10.2. The first-order valence-corrected chi connectivity index (χ1v) is 7.33. The molecule has 21 heavy (non-hydrogen) atoms. The molecular formula is C14H16O6S. The minimum Gasteiger partial charge on any atom is -0.466 e. The summed E-state index contributed by atoms with van der Waals surface area (Å²) in [5.41, 5.74) is 1.03. The van der Waals surface area contributed by atoms with Crippen molar-refractivity contribution in [3.63, 3.8) is 0 Å². The Morgan fingerprint density at radius 1 is 1.33 bits per heavy atom. The second-order valence-corrected chi connectivity index (χ2v) is 5.08. The van der Waals surface area contributed by atoms with Crippen molar-refractivity contribution in [2.75, 3.05) is 13.7 Å². The molecule has 0 N–H and O–H groups in total. The molecule has 0 spiro atoms. The van der Waals surface area contributed by atoms with E-state index in [0.717, 1.165) is 5.56 Å². The summed E-state index contributed by atoms with van der Waals surface area (Å²) in [6.45, 7) is 0.623. The Hall–Kier alpha value is -1.54. The van der Waals surface area contributed by atoms with E-state index in [0.29, 0.717) is 6.61 Å². The molecule has 6 nitrogen and oxygen atoms in total. The van der Waals surface area contributed by atoms with Gasteiger partial charge in [-0.05, 0) is 11.6 Å². The van der Waals surface area contributed by atoms with E-state index in [4.69, 9.17) is 13.1 Å². The van der Waals surface area contributed by atoms with Crippen LogP contribution in [0.25, 0.3) is 0 Å². The van der Waals surface area contributed by atoms with Gasteiger partial charge in [0.15, 0.2) is 0 Å². The topological polar surface area (TPSA) is 71.1 Å².